The van der Waals surface area contributed by atoms with E-state index in [1.165, 1.54) is 71.0 Å². The number of rotatable bonds is 6. The topological polar surface area (TPSA) is 15.3 Å². The van der Waals surface area contributed by atoms with Crippen molar-refractivity contribution in [1.82, 2.24) is 10.2 Å². The molecule has 1 N–H and O–H groups in total. The molecule has 106 valence electrons. The van der Waals surface area contributed by atoms with Gasteiger partial charge >= 0.3 is 0 Å². The molecule has 1 unspecified atom stereocenters. The SMILES string of the molecule is CCCCN1CCC(NC(C)C2CCCC2)CC1. The summed E-state index contributed by atoms with van der Waals surface area (Å²) >= 11 is 0. The van der Waals surface area contributed by atoms with Crippen molar-refractivity contribution in [2.45, 2.75) is 77.3 Å². The van der Waals surface area contributed by atoms with Crippen molar-refractivity contribution in [2.75, 3.05) is 19.6 Å². The summed E-state index contributed by atoms with van der Waals surface area (Å²) in [5.74, 6) is 0.961. The van der Waals surface area contributed by atoms with Crippen LogP contribution in [-0.4, -0.2) is 36.6 Å². The van der Waals surface area contributed by atoms with Crippen LogP contribution in [0.25, 0.3) is 0 Å². The zero-order valence-corrected chi connectivity index (χ0v) is 12.5. The van der Waals surface area contributed by atoms with Crippen molar-refractivity contribution in [2.24, 2.45) is 5.92 Å². The first-order chi connectivity index (χ1) is 8.79. The number of unbranched alkanes of at least 4 members (excludes halogenated alkanes) is 1. The highest BCUT2D eigenvalue weighted by atomic mass is 15.1. The fraction of sp³-hybridized carbons (Fsp3) is 1.00. The van der Waals surface area contributed by atoms with Crippen LogP contribution >= 0.6 is 0 Å². The average molecular weight is 252 g/mol. The third kappa shape index (κ3) is 4.24. The Morgan fingerprint density at radius 3 is 2.39 bits per heavy atom. The van der Waals surface area contributed by atoms with E-state index in [1.807, 2.05) is 0 Å². The summed E-state index contributed by atoms with van der Waals surface area (Å²) in [4.78, 5) is 2.65. The lowest BCUT2D eigenvalue weighted by Crippen LogP contribution is -2.47. The summed E-state index contributed by atoms with van der Waals surface area (Å²) in [6.07, 6.45) is 11.3. The third-order valence-electron chi connectivity index (χ3n) is 5.02. The molecule has 0 radical (unpaired) electrons. The van der Waals surface area contributed by atoms with Crippen LogP contribution in [0.4, 0.5) is 0 Å². The van der Waals surface area contributed by atoms with Crippen molar-refractivity contribution in [3.63, 3.8) is 0 Å². The van der Waals surface area contributed by atoms with E-state index in [2.05, 4.69) is 24.1 Å². The van der Waals surface area contributed by atoms with Gasteiger partial charge in [-0.25, -0.2) is 0 Å². The first-order valence-electron chi connectivity index (χ1n) is 8.28. The maximum absolute atomic E-state index is 3.91. The van der Waals surface area contributed by atoms with E-state index in [9.17, 15) is 0 Å². The molecule has 0 amide bonds. The molecule has 18 heavy (non-hydrogen) atoms. The fourth-order valence-corrected chi connectivity index (χ4v) is 3.67. The molecule has 1 aliphatic heterocycles. The normalized spacial score (nSPS) is 25.7. The summed E-state index contributed by atoms with van der Waals surface area (Å²) in [6, 6.07) is 1.54. The van der Waals surface area contributed by atoms with Gasteiger partial charge in [0.25, 0.3) is 0 Å². The fourth-order valence-electron chi connectivity index (χ4n) is 3.67. The molecule has 0 aromatic heterocycles. The van der Waals surface area contributed by atoms with Crippen LogP contribution in [0, 0.1) is 5.92 Å². The van der Waals surface area contributed by atoms with Crippen molar-refractivity contribution >= 4 is 0 Å². The third-order valence-corrected chi connectivity index (χ3v) is 5.02. The highest BCUT2D eigenvalue weighted by molar-refractivity contribution is 4.83. The lowest BCUT2D eigenvalue weighted by Gasteiger charge is -2.35. The molecular formula is C16H32N2. The molecule has 0 aromatic rings. The molecule has 1 aliphatic carbocycles. The Morgan fingerprint density at radius 1 is 1.11 bits per heavy atom. The zero-order valence-electron chi connectivity index (χ0n) is 12.5. The predicted octanol–water partition coefficient (Wildman–Crippen LogP) is 3.42. The second kappa shape index (κ2) is 7.49. The van der Waals surface area contributed by atoms with Crippen molar-refractivity contribution in [1.29, 1.82) is 0 Å². The van der Waals surface area contributed by atoms with E-state index in [0.29, 0.717) is 0 Å². The Balaban J connectivity index is 1.63. The minimum atomic E-state index is 0.750. The molecule has 0 aromatic carbocycles. The van der Waals surface area contributed by atoms with Crippen LogP contribution in [0.5, 0.6) is 0 Å². The quantitative estimate of drug-likeness (QED) is 0.779. The van der Waals surface area contributed by atoms with Crippen LogP contribution in [0.15, 0.2) is 0 Å². The molecule has 0 bridgehead atoms. The van der Waals surface area contributed by atoms with E-state index >= 15 is 0 Å². The lowest BCUT2D eigenvalue weighted by atomic mass is 9.96. The molecule has 2 aliphatic rings. The second-order valence-electron chi connectivity index (χ2n) is 6.47. The monoisotopic (exact) mass is 252 g/mol. The summed E-state index contributed by atoms with van der Waals surface area (Å²) in [6.45, 7) is 8.66. The first kappa shape index (κ1) is 14.3. The van der Waals surface area contributed by atoms with Crippen LogP contribution in [0.2, 0.25) is 0 Å². The molecule has 2 fully saturated rings. The van der Waals surface area contributed by atoms with Crippen LogP contribution in [0.3, 0.4) is 0 Å². The van der Waals surface area contributed by atoms with Gasteiger partial charge in [0.1, 0.15) is 0 Å². The number of nitrogens with one attached hydrogen (secondary N) is 1. The smallest absolute Gasteiger partial charge is 0.00940 e. The van der Waals surface area contributed by atoms with Gasteiger partial charge < -0.3 is 10.2 Å². The minimum Gasteiger partial charge on any atom is -0.311 e. The Hall–Kier alpha value is -0.0800. The van der Waals surface area contributed by atoms with Gasteiger partial charge in [-0.1, -0.05) is 26.2 Å². The van der Waals surface area contributed by atoms with Crippen molar-refractivity contribution in [3.8, 4) is 0 Å². The number of hydrogen-bond donors (Lipinski definition) is 1. The predicted molar refractivity (Wildman–Crippen MR) is 78.9 cm³/mol. The van der Waals surface area contributed by atoms with Gasteiger partial charge in [-0.2, -0.15) is 0 Å². The van der Waals surface area contributed by atoms with E-state index in [4.69, 9.17) is 0 Å². The number of likely N-dealkylation sites (tertiary alicyclic amines) is 1. The molecular weight excluding hydrogens is 220 g/mol. The maximum Gasteiger partial charge on any atom is 0.00940 e. The second-order valence-corrected chi connectivity index (χ2v) is 6.47. The van der Waals surface area contributed by atoms with Crippen LogP contribution < -0.4 is 5.32 Å². The Bertz CT molecular complexity index is 215. The minimum absolute atomic E-state index is 0.750. The van der Waals surface area contributed by atoms with Gasteiger partial charge in [0.15, 0.2) is 0 Å². The zero-order chi connectivity index (χ0) is 12.8. The summed E-state index contributed by atoms with van der Waals surface area (Å²) in [5.41, 5.74) is 0. The number of nitrogens with zero attached hydrogens (tertiary/aromatic N) is 1. The standard InChI is InChI=1S/C16H32N2/c1-3-4-11-18-12-9-16(10-13-18)17-14(2)15-7-5-6-8-15/h14-17H,3-13H2,1-2H3. The number of hydrogen-bond acceptors (Lipinski definition) is 2. The highest BCUT2D eigenvalue weighted by Crippen LogP contribution is 2.28. The maximum atomic E-state index is 3.91. The summed E-state index contributed by atoms with van der Waals surface area (Å²) in [5, 5.41) is 3.91. The van der Waals surface area contributed by atoms with Gasteiger partial charge in [0.05, 0.1) is 0 Å². The van der Waals surface area contributed by atoms with E-state index in [-0.39, 0.29) is 0 Å². The van der Waals surface area contributed by atoms with Gasteiger partial charge in [-0.3, -0.25) is 0 Å². The van der Waals surface area contributed by atoms with E-state index < -0.39 is 0 Å². The van der Waals surface area contributed by atoms with Gasteiger partial charge in [-0.15, -0.1) is 0 Å². The first-order valence-corrected chi connectivity index (χ1v) is 8.28. The van der Waals surface area contributed by atoms with E-state index in [0.717, 1.165) is 18.0 Å². The van der Waals surface area contributed by atoms with Crippen molar-refractivity contribution < 1.29 is 0 Å². The summed E-state index contributed by atoms with van der Waals surface area (Å²) < 4.78 is 0. The summed E-state index contributed by atoms with van der Waals surface area (Å²) in [7, 11) is 0. The Labute approximate surface area is 114 Å². The largest absolute Gasteiger partial charge is 0.311 e. The molecule has 1 atom stereocenters. The van der Waals surface area contributed by atoms with Crippen molar-refractivity contribution in [3.05, 3.63) is 0 Å². The molecule has 1 heterocycles. The lowest BCUT2D eigenvalue weighted by molar-refractivity contribution is 0.182. The molecule has 0 spiro atoms. The van der Waals surface area contributed by atoms with Gasteiger partial charge in [0.2, 0.25) is 0 Å². The average Bonchev–Trinajstić information content (AvgIpc) is 2.92. The van der Waals surface area contributed by atoms with E-state index in [1.54, 1.807) is 0 Å². The Kier molecular flexibility index (Phi) is 5.97. The molecule has 2 heteroatoms. The highest BCUT2D eigenvalue weighted by Gasteiger charge is 2.25. The van der Waals surface area contributed by atoms with Crippen LogP contribution in [-0.2, 0) is 0 Å². The molecule has 1 saturated carbocycles. The van der Waals surface area contributed by atoms with Gasteiger partial charge in [-0.05, 0) is 64.6 Å². The molecule has 2 rings (SSSR count). The Morgan fingerprint density at radius 2 is 1.78 bits per heavy atom. The van der Waals surface area contributed by atoms with Crippen LogP contribution in [0.1, 0.15) is 65.2 Å². The number of piperidine rings is 1. The van der Waals surface area contributed by atoms with Gasteiger partial charge in [0, 0.05) is 12.1 Å². The molecule has 2 nitrogen and oxygen atoms in total. The molecule has 1 saturated heterocycles.